The summed E-state index contributed by atoms with van der Waals surface area (Å²) in [7, 11) is -3.85. The fourth-order valence-electron chi connectivity index (χ4n) is 1.66. The van der Waals surface area contributed by atoms with Crippen molar-refractivity contribution in [2.24, 2.45) is 0 Å². The Morgan fingerprint density at radius 3 is 2.40 bits per heavy atom. The molecular weight excluding hydrogens is 341 g/mol. The summed E-state index contributed by atoms with van der Waals surface area (Å²) in [6.45, 7) is -0.362. The van der Waals surface area contributed by atoms with Gasteiger partial charge in [0.15, 0.2) is 0 Å². The normalized spacial score (nSPS) is 13.3. The van der Waals surface area contributed by atoms with Crippen molar-refractivity contribution in [2.75, 3.05) is 6.61 Å². The summed E-state index contributed by atoms with van der Waals surface area (Å²) in [5.41, 5.74) is 0.663. The number of aliphatic hydroxyl groups excluding tert-OH is 1. The largest absolute Gasteiger partial charge is 0.394 e. The molecule has 4 nitrogen and oxygen atoms in total. The number of nitrogens with one attached hydrogen (secondary N) is 1. The molecule has 108 valence electrons. The highest BCUT2D eigenvalue weighted by molar-refractivity contribution is 7.89. The van der Waals surface area contributed by atoms with Gasteiger partial charge in [0.2, 0.25) is 10.0 Å². The monoisotopic (exact) mass is 351 g/mol. The van der Waals surface area contributed by atoms with Crippen LogP contribution in [0.25, 0.3) is 0 Å². The lowest BCUT2D eigenvalue weighted by Gasteiger charge is -2.16. The molecule has 1 heterocycles. The predicted octanol–water partition coefficient (Wildman–Crippen LogP) is 3.07. The third-order valence-electron chi connectivity index (χ3n) is 2.60. The molecule has 2 aromatic rings. The van der Waals surface area contributed by atoms with Gasteiger partial charge < -0.3 is 5.11 Å². The van der Waals surface area contributed by atoms with Gasteiger partial charge in [-0.1, -0.05) is 53.5 Å². The molecule has 0 radical (unpaired) electrons. The van der Waals surface area contributed by atoms with Gasteiger partial charge in [0, 0.05) is 0 Å². The average Bonchev–Trinajstić information content (AvgIpc) is 2.77. The minimum Gasteiger partial charge on any atom is -0.394 e. The van der Waals surface area contributed by atoms with Crippen LogP contribution in [0.15, 0.2) is 41.3 Å². The summed E-state index contributed by atoms with van der Waals surface area (Å²) in [5, 5.41) is 9.38. The third-order valence-corrected chi connectivity index (χ3v) is 5.82. The van der Waals surface area contributed by atoms with Crippen molar-refractivity contribution in [2.45, 2.75) is 10.9 Å². The lowest BCUT2D eigenvalue weighted by Crippen LogP contribution is -2.30. The van der Waals surface area contributed by atoms with Gasteiger partial charge in [-0.3, -0.25) is 0 Å². The number of aliphatic hydroxyl groups is 1. The first kappa shape index (κ1) is 15.8. The minimum atomic E-state index is -3.85. The van der Waals surface area contributed by atoms with Gasteiger partial charge in [-0.25, -0.2) is 13.1 Å². The van der Waals surface area contributed by atoms with E-state index in [1.165, 1.54) is 6.07 Å². The predicted molar refractivity (Wildman–Crippen MR) is 80.9 cm³/mol. The van der Waals surface area contributed by atoms with Crippen molar-refractivity contribution in [3.05, 3.63) is 50.6 Å². The van der Waals surface area contributed by atoms with E-state index in [-0.39, 0.29) is 20.2 Å². The summed E-state index contributed by atoms with van der Waals surface area (Å²) in [4.78, 5) is -0.0800. The smallest absolute Gasteiger partial charge is 0.243 e. The maximum absolute atomic E-state index is 12.3. The molecule has 0 bridgehead atoms. The van der Waals surface area contributed by atoms with Crippen LogP contribution in [0.4, 0.5) is 0 Å². The highest BCUT2D eigenvalue weighted by Crippen LogP contribution is 2.34. The van der Waals surface area contributed by atoms with Crippen LogP contribution in [0.5, 0.6) is 0 Å². The van der Waals surface area contributed by atoms with E-state index in [4.69, 9.17) is 23.2 Å². The lowest BCUT2D eigenvalue weighted by atomic mass is 10.1. The fourth-order valence-corrected chi connectivity index (χ4v) is 5.02. The molecule has 0 amide bonds. The molecule has 0 saturated carbocycles. The number of benzene rings is 1. The molecule has 0 aliphatic carbocycles. The molecule has 20 heavy (non-hydrogen) atoms. The second kappa shape index (κ2) is 6.43. The van der Waals surface area contributed by atoms with E-state index in [0.717, 1.165) is 11.3 Å². The van der Waals surface area contributed by atoms with Gasteiger partial charge >= 0.3 is 0 Å². The summed E-state index contributed by atoms with van der Waals surface area (Å²) in [6, 6.07) is 9.34. The first-order chi connectivity index (χ1) is 9.44. The number of rotatable bonds is 5. The van der Waals surface area contributed by atoms with Crippen LogP contribution >= 0.6 is 34.5 Å². The Bertz CT molecular complexity index is 686. The Labute approximate surface area is 131 Å². The van der Waals surface area contributed by atoms with Crippen LogP contribution in [-0.4, -0.2) is 20.1 Å². The summed E-state index contributed by atoms with van der Waals surface area (Å²) in [5.74, 6) is 0. The Kier molecular flexibility index (Phi) is 5.06. The van der Waals surface area contributed by atoms with Crippen molar-refractivity contribution >= 4 is 44.6 Å². The molecule has 1 aromatic carbocycles. The highest BCUT2D eigenvalue weighted by Gasteiger charge is 2.25. The topological polar surface area (TPSA) is 66.4 Å². The van der Waals surface area contributed by atoms with E-state index in [1.54, 1.807) is 24.3 Å². The highest BCUT2D eigenvalue weighted by atomic mass is 35.5. The zero-order chi connectivity index (χ0) is 14.8. The number of thiophene rings is 1. The summed E-state index contributed by atoms with van der Waals surface area (Å²) >= 11 is 12.6. The number of hydrogen-bond acceptors (Lipinski definition) is 4. The molecule has 8 heteroatoms. The first-order valence-corrected chi connectivity index (χ1v) is 8.62. The van der Waals surface area contributed by atoms with E-state index < -0.39 is 16.1 Å². The molecule has 0 aliphatic heterocycles. The second-order valence-electron chi connectivity index (χ2n) is 3.96. The lowest BCUT2D eigenvalue weighted by molar-refractivity contribution is 0.259. The molecule has 1 unspecified atom stereocenters. The van der Waals surface area contributed by atoms with Gasteiger partial charge in [-0.15, -0.1) is 11.3 Å². The molecular formula is C12H11Cl2NO3S2. The third kappa shape index (κ3) is 3.52. The maximum atomic E-state index is 12.3. The van der Waals surface area contributed by atoms with Crippen molar-refractivity contribution in [1.82, 2.24) is 4.72 Å². The summed E-state index contributed by atoms with van der Waals surface area (Å²) < 4.78 is 27.3. The van der Waals surface area contributed by atoms with Gasteiger partial charge in [0.1, 0.15) is 9.23 Å². The van der Waals surface area contributed by atoms with Gasteiger partial charge in [-0.2, -0.15) is 0 Å². The van der Waals surface area contributed by atoms with Crippen molar-refractivity contribution < 1.29 is 13.5 Å². The molecule has 2 N–H and O–H groups in total. The molecule has 1 atom stereocenters. The van der Waals surface area contributed by atoms with E-state index >= 15 is 0 Å². The Hall–Kier alpha value is -0.630. The zero-order valence-corrected chi connectivity index (χ0v) is 13.2. The fraction of sp³-hybridized carbons (Fsp3) is 0.167. The molecule has 2 rings (SSSR count). The standard InChI is InChI=1S/C12H11Cl2NO3S2/c13-11-6-10(12(14)19-11)20(17,18)15-9(7-16)8-4-2-1-3-5-8/h1-6,9,15-16H,7H2. The van der Waals surface area contributed by atoms with E-state index in [1.807, 2.05) is 6.07 Å². The van der Waals surface area contributed by atoms with Crippen molar-refractivity contribution in [1.29, 1.82) is 0 Å². The maximum Gasteiger partial charge on any atom is 0.243 e. The van der Waals surface area contributed by atoms with Crippen molar-refractivity contribution in [3.8, 4) is 0 Å². The van der Waals surface area contributed by atoms with Crippen LogP contribution in [0.1, 0.15) is 11.6 Å². The number of hydrogen-bond donors (Lipinski definition) is 2. The van der Waals surface area contributed by atoms with Crippen LogP contribution in [0.3, 0.4) is 0 Å². The van der Waals surface area contributed by atoms with Crippen LogP contribution < -0.4 is 4.72 Å². The number of sulfonamides is 1. The quantitative estimate of drug-likeness (QED) is 0.869. The molecule has 0 saturated heterocycles. The molecule has 0 aliphatic rings. The SMILES string of the molecule is O=S(=O)(NC(CO)c1ccccc1)c1cc(Cl)sc1Cl. The zero-order valence-electron chi connectivity index (χ0n) is 10.1. The van der Waals surface area contributed by atoms with Crippen LogP contribution in [-0.2, 0) is 10.0 Å². The van der Waals surface area contributed by atoms with Crippen LogP contribution in [0, 0.1) is 0 Å². The van der Waals surface area contributed by atoms with Gasteiger partial charge in [0.05, 0.1) is 17.0 Å². The van der Waals surface area contributed by atoms with Crippen LogP contribution in [0.2, 0.25) is 8.67 Å². The summed E-state index contributed by atoms with van der Waals surface area (Å²) in [6.07, 6.45) is 0. The number of halogens is 2. The average molecular weight is 352 g/mol. The Morgan fingerprint density at radius 1 is 1.25 bits per heavy atom. The minimum absolute atomic E-state index is 0.0800. The van der Waals surface area contributed by atoms with Gasteiger partial charge in [0.25, 0.3) is 0 Å². The van der Waals surface area contributed by atoms with Gasteiger partial charge in [-0.05, 0) is 11.6 Å². The first-order valence-electron chi connectivity index (χ1n) is 5.57. The van der Waals surface area contributed by atoms with Crippen molar-refractivity contribution in [3.63, 3.8) is 0 Å². The molecule has 1 aromatic heterocycles. The molecule has 0 spiro atoms. The molecule has 0 fully saturated rings. The Balaban J connectivity index is 2.29. The van der Waals surface area contributed by atoms with E-state index in [2.05, 4.69) is 4.72 Å². The van der Waals surface area contributed by atoms with E-state index in [9.17, 15) is 13.5 Å². The Morgan fingerprint density at radius 2 is 1.90 bits per heavy atom. The second-order valence-corrected chi connectivity index (χ2v) is 7.92. The van der Waals surface area contributed by atoms with E-state index in [0.29, 0.717) is 5.56 Å².